The van der Waals surface area contributed by atoms with Gasteiger partial charge in [0.2, 0.25) is 0 Å². The van der Waals surface area contributed by atoms with E-state index in [1.54, 1.807) is 0 Å². The second-order valence-corrected chi connectivity index (χ2v) is 24.8. The Morgan fingerprint density at radius 1 is 0.287 bits per heavy atom. The van der Waals surface area contributed by atoms with Crippen molar-refractivity contribution in [1.82, 2.24) is 0 Å². The second kappa shape index (κ2) is 45.5. The maximum absolute atomic E-state index is 7.75. The molecule has 0 aliphatic carbocycles. The largest absolute Gasteiger partial charge is 0.379 e. The van der Waals surface area contributed by atoms with E-state index in [9.17, 15) is 0 Å². The monoisotopic (exact) mass is 1250 g/mol. The molecule has 0 N–H and O–H groups in total. The van der Waals surface area contributed by atoms with E-state index in [0.29, 0.717) is 72.7 Å². The van der Waals surface area contributed by atoms with Crippen molar-refractivity contribution in [2.45, 2.75) is 335 Å². The van der Waals surface area contributed by atoms with Crippen LogP contribution in [0, 0.1) is 11.8 Å². The fraction of sp³-hybridized carbons (Fsp3) is 1.00. The first-order valence-electron chi connectivity index (χ1n) is 35.5. The van der Waals surface area contributed by atoms with E-state index >= 15 is 0 Å². The zero-order valence-electron chi connectivity index (χ0n) is 56.9. The van der Waals surface area contributed by atoms with Gasteiger partial charge in [0.25, 0.3) is 0 Å². The Balaban J connectivity index is 1.68. The fourth-order valence-electron chi connectivity index (χ4n) is 11.6. The number of rotatable bonds is 49. The van der Waals surface area contributed by atoms with Crippen molar-refractivity contribution >= 4 is 0 Å². The van der Waals surface area contributed by atoms with Crippen LogP contribution >= 0.6 is 0 Å². The number of fused-ring (bicyclic) bond motifs is 1. The molecule has 514 valence electrons. The highest BCUT2D eigenvalue weighted by Gasteiger charge is 2.59. The van der Waals surface area contributed by atoms with Crippen molar-refractivity contribution < 1.29 is 90.0 Å². The molecule has 0 spiro atoms. The molecular weight excluding hydrogens is 1120 g/mol. The second-order valence-electron chi connectivity index (χ2n) is 24.8. The number of ether oxygens (including phenoxy) is 19. The predicted molar refractivity (Wildman–Crippen MR) is 334 cm³/mol. The van der Waals surface area contributed by atoms with Gasteiger partial charge in [-0.15, -0.1) is 0 Å². The normalized spacial score (nSPS) is 34.8. The summed E-state index contributed by atoms with van der Waals surface area (Å²) in [7, 11) is 0. The SMILES string of the molecule is CCCCOCC1O[C@@H](O[C@H]2C(OCCCC)[C@@H](OCCCC)C(COCCCC)O[C@H]2OC2[C@@H]3OC(C)OCC3O[C@@H](O[C@@H]3C(COCCCC)O[C@@H](OCCCC)C(C)[C@H]3OCCCC)[C@@H]2OCCCC)[C@@H](C)C(OCCCC)[C@@H]1OCCCC. The Labute approximate surface area is 527 Å². The van der Waals surface area contributed by atoms with Crippen LogP contribution in [0.5, 0.6) is 0 Å². The Morgan fingerprint density at radius 3 is 1.10 bits per heavy atom. The minimum atomic E-state index is -1.12. The van der Waals surface area contributed by atoms with Gasteiger partial charge in [0.15, 0.2) is 31.5 Å². The van der Waals surface area contributed by atoms with E-state index in [1.807, 2.05) is 6.92 Å². The molecule has 0 radical (unpaired) electrons. The topological polar surface area (TPSA) is 175 Å². The maximum atomic E-state index is 7.75. The lowest BCUT2D eigenvalue weighted by molar-refractivity contribution is -0.416. The smallest absolute Gasteiger partial charge is 0.187 e. The van der Waals surface area contributed by atoms with Crippen molar-refractivity contribution in [3.05, 3.63) is 0 Å². The molecular formula is C68H128O19. The number of hydrogen-bond donors (Lipinski definition) is 0. The van der Waals surface area contributed by atoms with Crippen LogP contribution in [0.25, 0.3) is 0 Å². The third-order valence-electron chi connectivity index (χ3n) is 17.2. The number of unbranched alkanes of at least 4 members (excludes halogenated alkanes) is 10. The van der Waals surface area contributed by atoms with E-state index in [1.165, 1.54) is 0 Å². The number of hydrogen-bond acceptors (Lipinski definition) is 19. The minimum Gasteiger partial charge on any atom is -0.379 e. The summed E-state index contributed by atoms with van der Waals surface area (Å²) in [6.07, 6.45) is 5.47. The minimum absolute atomic E-state index is 0.204. The average Bonchev–Trinajstić information content (AvgIpc) is 1.16. The lowest BCUT2D eigenvalue weighted by Gasteiger charge is -2.53. The highest BCUT2D eigenvalue weighted by Crippen LogP contribution is 2.42. The summed E-state index contributed by atoms with van der Waals surface area (Å²) < 4.78 is 132. The van der Waals surface area contributed by atoms with Crippen LogP contribution in [0.1, 0.15) is 218 Å². The predicted octanol–water partition coefficient (Wildman–Crippen LogP) is 12.5. The van der Waals surface area contributed by atoms with Crippen molar-refractivity contribution in [2.24, 2.45) is 11.8 Å². The van der Waals surface area contributed by atoms with E-state index < -0.39 is 111 Å². The molecule has 5 fully saturated rings. The fourth-order valence-corrected chi connectivity index (χ4v) is 11.6. The summed E-state index contributed by atoms with van der Waals surface area (Å²) in [6, 6.07) is 0. The summed E-state index contributed by atoms with van der Waals surface area (Å²) in [5.41, 5.74) is 0. The van der Waals surface area contributed by atoms with Crippen LogP contribution in [0.4, 0.5) is 0 Å². The lowest BCUT2D eigenvalue weighted by atomic mass is 9.91. The molecule has 21 atom stereocenters. The van der Waals surface area contributed by atoms with Crippen LogP contribution in [-0.2, 0) is 90.0 Å². The molecule has 0 aromatic carbocycles. The standard InChI is InChI=1S/C68H128O19/c1-14-24-34-69-44-51-57(74-39-29-19-6)55(72-37-27-17-4)49(12)66(82-51)87-64-61(76-41-31-21-8)58(75-40-30-20-7)52(45-70-35-25-15-2)83-68(64)86-62-60-54(47-79-50(13)80-60)84-67(63(62)77-42-32-22-9)85-59-53(46-71-36-26-16-3)81-65(78-43-33-23-10)48(11)56(59)73-38-28-18-5/h48-68H,14-47H2,1-13H3/t48?,49-,50?,51?,52?,53?,54?,55?,56+,57+,58-,59+,60+,61?,62?,63+,64-,65+,66-,67-,68-/m0/s1. The van der Waals surface area contributed by atoms with Crippen molar-refractivity contribution in [3.63, 3.8) is 0 Å². The van der Waals surface area contributed by atoms with E-state index in [2.05, 4.69) is 83.1 Å². The molecule has 5 rings (SSSR count). The van der Waals surface area contributed by atoms with Gasteiger partial charge in [0.05, 0.1) is 38.6 Å². The van der Waals surface area contributed by atoms with Gasteiger partial charge in [-0.2, -0.15) is 0 Å². The van der Waals surface area contributed by atoms with Crippen LogP contribution in [0.15, 0.2) is 0 Å². The van der Waals surface area contributed by atoms with Gasteiger partial charge in [0.1, 0.15) is 73.2 Å². The Hall–Kier alpha value is -0.760. The van der Waals surface area contributed by atoms with Crippen molar-refractivity contribution in [2.75, 3.05) is 92.5 Å². The first-order valence-corrected chi connectivity index (χ1v) is 35.5. The lowest BCUT2D eigenvalue weighted by Crippen LogP contribution is -2.69. The molecule has 19 heteroatoms. The zero-order chi connectivity index (χ0) is 62.6. The summed E-state index contributed by atoms with van der Waals surface area (Å²) in [6.45, 7) is 34.2. The van der Waals surface area contributed by atoms with Crippen LogP contribution in [-0.4, -0.2) is 209 Å². The first-order chi connectivity index (χ1) is 42.6. The zero-order valence-corrected chi connectivity index (χ0v) is 56.9. The molecule has 87 heavy (non-hydrogen) atoms. The van der Waals surface area contributed by atoms with E-state index in [0.717, 1.165) is 128 Å². The Kier molecular flexibility index (Phi) is 40.3. The third-order valence-corrected chi connectivity index (χ3v) is 17.2. The molecule has 5 saturated heterocycles. The summed E-state index contributed by atoms with van der Waals surface area (Å²) in [5, 5.41) is 0. The molecule has 0 amide bonds. The van der Waals surface area contributed by atoms with Gasteiger partial charge in [0, 0.05) is 77.9 Å². The molecule has 5 aliphatic heterocycles. The Morgan fingerprint density at radius 2 is 0.621 bits per heavy atom. The highest BCUT2D eigenvalue weighted by atomic mass is 16.8. The van der Waals surface area contributed by atoms with Crippen molar-refractivity contribution in [1.29, 1.82) is 0 Å². The first kappa shape index (κ1) is 76.9. The molecule has 9 unspecified atom stereocenters. The highest BCUT2D eigenvalue weighted by molar-refractivity contribution is 5.01. The molecule has 0 aromatic heterocycles. The van der Waals surface area contributed by atoms with E-state index in [-0.39, 0.29) is 37.8 Å². The summed E-state index contributed by atoms with van der Waals surface area (Å²) in [5.74, 6) is -0.519. The van der Waals surface area contributed by atoms with Crippen LogP contribution in [0.2, 0.25) is 0 Å². The summed E-state index contributed by atoms with van der Waals surface area (Å²) >= 11 is 0. The van der Waals surface area contributed by atoms with Gasteiger partial charge >= 0.3 is 0 Å². The van der Waals surface area contributed by atoms with Crippen molar-refractivity contribution in [3.8, 4) is 0 Å². The van der Waals surface area contributed by atoms with Crippen LogP contribution < -0.4 is 0 Å². The quantitative estimate of drug-likeness (QED) is 0.0525. The van der Waals surface area contributed by atoms with Gasteiger partial charge < -0.3 is 90.0 Å². The Bertz CT molecular complexity index is 1660. The molecule has 5 aliphatic rings. The molecule has 0 saturated carbocycles. The molecule has 19 nitrogen and oxygen atoms in total. The summed E-state index contributed by atoms with van der Waals surface area (Å²) in [4.78, 5) is 0. The average molecular weight is 1250 g/mol. The van der Waals surface area contributed by atoms with Crippen LogP contribution in [0.3, 0.4) is 0 Å². The maximum Gasteiger partial charge on any atom is 0.187 e. The third kappa shape index (κ3) is 25.2. The van der Waals surface area contributed by atoms with E-state index in [4.69, 9.17) is 90.0 Å². The molecule has 0 bridgehead atoms. The van der Waals surface area contributed by atoms with Gasteiger partial charge in [-0.05, 0) is 71.1 Å². The molecule has 0 aromatic rings. The van der Waals surface area contributed by atoms with Gasteiger partial charge in [-0.1, -0.05) is 147 Å². The van der Waals surface area contributed by atoms with Gasteiger partial charge in [-0.3, -0.25) is 0 Å². The molecule has 5 heterocycles. The van der Waals surface area contributed by atoms with Gasteiger partial charge in [-0.25, -0.2) is 0 Å².